The van der Waals surface area contributed by atoms with E-state index in [1.165, 1.54) is 22.9 Å². The first kappa shape index (κ1) is 22.3. The van der Waals surface area contributed by atoms with E-state index < -0.39 is 34.1 Å². The molecule has 12 heteroatoms. The summed E-state index contributed by atoms with van der Waals surface area (Å²) < 4.78 is 54.2. The molecular formula is C19H14F4N4O3S. The monoisotopic (exact) mass is 454 g/mol. The number of carbonyl (C=O) groups excluding carboxylic acids is 1. The maximum atomic E-state index is 14.4. The third-order valence-electron chi connectivity index (χ3n) is 4.16. The predicted molar refractivity (Wildman–Crippen MR) is 106 cm³/mol. The van der Waals surface area contributed by atoms with Crippen molar-refractivity contribution in [1.29, 1.82) is 0 Å². The first-order valence-electron chi connectivity index (χ1n) is 8.64. The fourth-order valence-electron chi connectivity index (χ4n) is 2.71. The average molecular weight is 454 g/mol. The number of aryl methyl sites for hydroxylation is 1. The normalized spacial score (nSPS) is 11.4. The van der Waals surface area contributed by atoms with Gasteiger partial charge in [0.25, 0.3) is 5.69 Å². The van der Waals surface area contributed by atoms with Crippen molar-refractivity contribution in [3.63, 3.8) is 0 Å². The molecule has 0 bridgehead atoms. The molecule has 0 unspecified atom stereocenters. The van der Waals surface area contributed by atoms with Gasteiger partial charge < -0.3 is 9.88 Å². The van der Waals surface area contributed by atoms with Crippen molar-refractivity contribution in [3.8, 4) is 5.69 Å². The van der Waals surface area contributed by atoms with Gasteiger partial charge >= 0.3 is 6.18 Å². The van der Waals surface area contributed by atoms with Crippen LogP contribution in [0.4, 0.5) is 28.9 Å². The van der Waals surface area contributed by atoms with Crippen molar-refractivity contribution in [3.05, 3.63) is 76.1 Å². The molecule has 0 aliphatic rings. The lowest BCUT2D eigenvalue weighted by Gasteiger charge is -2.10. The van der Waals surface area contributed by atoms with Gasteiger partial charge in [-0.15, -0.1) is 11.8 Å². The first-order valence-corrected chi connectivity index (χ1v) is 9.63. The SMILES string of the molecule is Cc1nccn1-c1ccc(NC(=O)CSc2ccc(C(F)(F)F)cc2[N+](=O)[O-])cc1F. The minimum absolute atomic E-state index is 0.0924. The van der Waals surface area contributed by atoms with Crippen LogP contribution in [-0.4, -0.2) is 26.1 Å². The van der Waals surface area contributed by atoms with Gasteiger partial charge in [0.2, 0.25) is 5.91 Å². The molecule has 3 rings (SSSR count). The zero-order valence-electron chi connectivity index (χ0n) is 15.8. The Bertz CT molecular complexity index is 1150. The number of nitrogens with zero attached hydrogens (tertiary/aromatic N) is 3. The number of halogens is 4. The van der Waals surface area contributed by atoms with Crippen LogP contribution in [0.15, 0.2) is 53.7 Å². The summed E-state index contributed by atoms with van der Waals surface area (Å²) in [7, 11) is 0. The minimum atomic E-state index is -4.73. The standard InChI is InChI=1S/C19H14F4N4O3S/c1-11-24-6-7-26(11)15-4-3-13(9-14(15)20)25-18(28)10-31-17-5-2-12(19(21,22)23)8-16(17)27(29)30/h2-9H,10H2,1H3,(H,25,28). The van der Waals surface area contributed by atoms with Crippen molar-refractivity contribution in [2.24, 2.45) is 0 Å². The Kier molecular flexibility index (Phi) is 6.29. The lowest BCUT2D eigenvalue weighted by molar-refractivity contribution is -0.388. The van der Waals surface area contributed by atoms with E-state index in [9.17, 15) is 32.5 Å². The van der Waals surface area contributed by atoms with Gasteiger partial charge in [-0.1, -0.05) is 0 Å². The molecule has 0 radical (unpaired) electrons. The molecule has 162 valence electrons. The Morgan fingerprint density at radius 1 is 1.26 bits per heavy atom. The molecule has 1 heterocycles. The van der Waals surface area contributed by atoms with Crippen LogP contribution in [0.2, 0.25) is 0 Å². The molecule has 1 aromatic heterocycles. The largest absolute Gasteiger partial charge is 0.416 e. The molecule has 0 atom stereocenters. The zero-order chi connectivity index (χ0) is 22.8. The number of rotatable bonds is 6. The highest BCUT2D eigenvalue weighted by Crippen LogP contribution is 2.36. The van der Waals surface area contributed by atoms with Crippen LogP contribution in [0.3, 0.4) is 0 Å². The van der Waals surface area contributed by atoms with Gasteiger partial charge in [0.15, 0.2) is 0 Å². The van der Waals surface area contributed by atoms with E-state index >= 15 is 0 Å². The van der Waals surface area contributed by atoms with E-state index in [1.807, 2.05) is 0 Å². The van der Waals surface area contributed by atoms with Gasteiger partial charge in [-0.3, -0.25) is 14.9 Å². The number of nitro groups is 1. The van der Waals surface area contributed by atoms with Crippen LogP contribution >= 0.6 is 11.8 Å². The van der Waals surface area contributed by atoms with Gasteiger partial charge in [0.1, 0.15) is 11.6 Å². The van der Waals surface area contributed by atoms with Gasteiger partial charge in [-0.2, -0.15) is 13.2 Å². The van der Waals surface area contributed by atoms with Crippen molar-refractivity contribution in [2.75, 3.05) is 11.1 Å². The number of hydrogen-bond donors (Lipinski definition) is 1. The van der Waals surface area contributed by atoms with Gasteiger partial charge in [-0.25, -0.2) is 9.37 Å². The third-order valence-corrected chi connectivity index (χ3v) is 5.22. The molecule has 0 saturated carbocycles. The summed E-state index contributed by atoms with van der Waals surface area (Å²) >= 11 is 0.702. The molecule has 0 saturated heterocycles. The number of amides is 1. The molecule has 31 heavy (non-hydrogen) atoms. The minimum Gasteiger partial charge on any atom is -0.325 e. The van der Waals surface area contributed by atoms with E-state index in [2.05, 4.69) is 10.3 Å². The second kappa shape index (κ2) is 8.76. The fourth-order valence-corrected chi connectivity index (χ4v) is 3.52. The zero-order valence-corrected chi connectivity index (χ0v) is 16.6. The van der Waals surface area contributed by atoms with Crippen LogP contribution in [0, 0.1) is 22.9 Å². The molecular weight excluding hydrogens is 440 g/mol. The highest BCUT2D eigenvalue weighted by molar-refractivity contribution is 8.00. The number of imidazole rings is 1. The lowest BCUT2D eigenvalue weighted by atomic mass is 10.2. The number of carbonyl (C=O) groups is 1. The maximum absolute atomic E-state index is 14.4. The third kappa shape index (κ3) is 5.20. The lowest BCUT2D eigenvalue weighted by Crippen LogP contribution is -2.14. The van der Waals surface area contributed by atoms with E-state index in [0.29, 0.717) is 29.7 Å². The maximum Gasteiger partial charge on any atom is 0.416 e. The molecule has 2 aromatic carbocycles. The van der Waals surface area contributed by atoms with Crippen LogP contribution < -0.4 is 5.32 Å². The van der Waals surface area contributed by atoms with E-state index in [1.54, 1.807) is 13.1 Å². The fraction of sp³-hybridized carbons (Fsp3) is 0.158. The van der Waals surface area contributed by atoms with Crippen molar-refractivity contribution >= 4 is 29.0 Å². The topological polar surface area (TPSA) is 90.1 Å². The number of hydrogen-bond acceptors (Lipinski definition) is 5. The summed E-state index contributed by atoms with van der Waals surface area (Å²) in [6.07, 6.45) is -1.63. The second-order valence-corrected chi connectivity index (χ2v) is 7.30. The Balaban J connectivity index is 1.69. The summed E-state index contributed by atoms with van der Waals surface area (Å²) in [4.78, 5) is 26.2. The van der Waals surface area contributed by atoms with Crippen molar-refractivity contribution in [1.82, 2.24) is 9.55 Å². The van der Waals surface area contributed by atoms with Crippen molar-refractivity contribution < 1.29 is 27.3 Å². The highest BCUT2D eigenvalue weighted by Gasteiger charge is 2.33. The Hall–Kier alpha value is -3.41. The molecule has 3 aromatic rings. The average Bonchev–Trinajstić information content (AvgIpc) is 3.11. The number of thioether (sulfide) groups is 1. The molecule has 0 aliphatic heterocycles. The summed E-state index contributed by atoms with van der Waals surface area (Å²) in [5.74, 6) is -0.962. The van der Waals surface area contributed by atoms with Gasteiger partial charge in [0.05, 0.1) is 26.8 Å². The van der Waals surface area contributed by atoms with E-state index in [0.717, 1.165) is 12.1 Å². The van der Waals surface area contributed by atoms with Gasteiger partial charge in [0, 0.05) is 24.1 Å². The highest BCUT2D eigenvalue weighted by atomic mass is 32.2. The number of anilines is 1. The number of nitro benzene ring substituents is 1. The number of alkyl halides is 3. The van der Waals surface area contributed by atoms with Crippen LogP contribution in [0.5, 0.6) is 0 Å². The number of nitrogens with one attached hydrogen (secondary N) is 1. The van der Waals surface area contributed by atoms with E-state index in [4.69, 9.17) is 0 Å². The molecule has 0 aliphatic carbocycles. The molecule has 0 spiro atoms. The Morgan fingerprint density at radius 2 is 2.00 bits per heavy atom. The quantitative estimate of drug-likeness (QED) is 0.246. The summed E-state index contributed by atoms with van der Waals surface area (Å²) in [6.45, 7) is 1.70. The molecule has 1 amide bonds. The summed E-state index contributed by atoms with van der Waals surface area (Å²) in [5.41, 5.74) is -1.51. The van der Waals surface area contributed by atoms with Crippen molar-refractivity contribution in [2.45, 2.75) is 18.0 Å². The Morgan fingerprint density at radius 3 is 2.58 bits per heavy atom. The van der Waals surface area contributed by atoms with Crippen LogP contribution in [0.25, 0.3) is 5.69 Å². The molecule has 1 N–H and O–H groups in total. The second-order valence-electron chi connectivity index (χ2n) is 6.28. The van der Waals surface area contributed by atoms with Crippen LogP contribution in [0.1, 0.15) is 11.4 Å². The summed E-state index contributed by atoms with van der Waals surface area (Å²) in [5, 5.41) is 13.6. The van der Waals surface area contributed by atoms with Crippen LogP contribution in [-0.2, 0) is 11.0 Å². The first-order chi connectivity index (χ1) is 14.6. The predicted octanol–water partition coefficient (Wildman–Crippen LogP) is 4.98. The van der Waals surface area contributed by atoms with E-state index in [-0.39, 0.29) is 22.0 Å². The smallest absolute Gasteiger partial charge is 0.325 e. The Labute approximate surface area is 177 Å². The summed E-state index contributed by atoms with van der Waals surface area (Å²) in [6, 6.07) is 6.11. The molecule has 0 fully saturated rings. The number of aromatic nitrogens is 2. The van der Waals surface area contributed by atoms with Gasteiger partial charge in [-0.05, 0) is 37.3 Å². The number of benzene rings is 2. The molecule has 7 nitrogen and oxygen atoms in total.